The number of benzene rings is 1. The van der Waals surface area contributed by atoms with E-state index in [9.17, 15) is 0 Å². The Bertz CT molecular complexity index is 609. The molecule has 0 aliphatic carbocycles. The molecule has 5 nitrogen and oxygen atoms in total. The number of hydrogen-bond donors (Lipinski definition) is 1. The summed E-state index contributed by atoms with van der Waals surface area (Å²) in [6.07, 6.45) is -1.56. The Morgan fingerprint density at radius 3 is 2.30 bits per heavy atom. The van der Waals surface area contributed by atoms with Gasteiger partial charge in [0.05, 0.1) is 12.7 Å². The van der Waals surface area contributed by atoms with Gasteiger partial charge in [-0.05, 0) is 5.92 Å². The van der Waals surface area contributed by atoms with Crippen molar-refractivity contribution in [3.8, 4) is 0 Å². The lowest BCUT2D eigenvalue weighted by Crippen LogP contribution is -2.56. The van der Waals surface area contributed by atoms with Crippen LogP contribution in [0.25, 0.3) is 0 Å². The van der Waals surface area contributed by atoms with E-state index in [0.717, 1.165) is 5.56 Å². The summed E-state index contributed by atoms with van der Waals surface area (Å²) >= 11 is 17.1. The Kier molecular flexibility index (Phi) is 8.22. The van der Waals surface area contributed by atoms with Crippen LogP contribution in [-0.4, -0.2) is 34.8 Å². The van der Waals surface area contributed by atoms with Gasteiger partial charge in [0.1, 0.15) is 6.10 Å². The maximum Gasteiger partial charge on any atom is 0.265 e. The summed E-state index contributed by atoms with van der Waals surface area (Å²) < 4.78 is 21.4. The fourth-order valence-corrected chi connectivity index (χ4v) is 3.21. The van der Waals surface area contributed by atoms with Crippen LogP contribution in [0.5, 0.6) is 0 Å². The van der Waals surface area contributed by atoms with Gasteiger partial charge in [-0.25, -0.2) is 0 Å². The smallest absolute Gasteiger partial charge is 0.265 e. The minimum atomic E-state index is -1.92. The van der Waals surface area contributed by atoms with E-state index < -0.39 is 22.3 Å². The van der Waals surface area contributed by atoms with Crippen molar-refractivity contribution >= 4 is 40.7 Å². The Balaban J connectivity index is 0.00000126. The molecule has 8 heteroatoms. The van der Waals surface area contributed by atoms with Crippen molar-refractivity contribution in [2.45, 2.75) is 56.3 Å². The van der Waals surface area contributed by atoms with Crippen molar-refractivity contribution in [1.82, 2.24) is 0 Å². The van der Waals surface area contributed by atoms with Gasteiger partial charge in [0.25, 0.3) is 3.79 Å². The highest BCUT2D eigenvalue weighted by molar-refractivity contribution is 6.76. The van der Waals surface area contributed by atoms with Crippen LogP contribution >= 0.6 is 34.8 Å². The van der Waals surface area contributed by atoms with E-state index in [2.05, 4.69) is 6.92 Å². The second-order valence-electron chi connectivity index (χ2n) is 6.38. The van der Waals surface area contributed by atoms with E-state index in [0.29, 0.717) is 6.61 Å². The van der Waals surface area contributed by atoms with Crippen LogP contribution in [0, 0.1) is 17.2 Å². The number of hydrogen-bond acceptors (Lipinski definition) is 5. The molecule has 2 aliphatic heterocycles. The van der Waals surface area contributed by atoms with Crippen molar-refractivity contribution in [3.63, 3.8) is 0 Å². The number of ether oxygens (including phenoxy) is 4. The fourth-order valence-electron chi connectivity index (χ4n) is 3.07. The predicted octanol–water partition coefficient (Wildman–Crippen LogP) is 5.49. The zero-order valence-electron chi connectivity index (χ0n) is 15.8. The van der Waals surface area contributed by atoms with Crippen LogP contribution in [-0.2, 0) is 18.9 Å². The van der Waals surface area contributed by atoms with E-state index >= 15 is 0 Å². The van der Waals surface area contributed by atoms with Crippen molar-refractivity contribution in [2.24, 2.45) is 11.8 Å². The monoisotopic (exact) mass is 437 g/mol. The highest BCUT2D eigenvalue weighted by Gasteiger charge is 2.48. The molecule has 6 unspecified atom stereocenters. The van der Waals surface area contributed by atoms with Crippen LogP contribution in [0.1, 0.15) is 39.5 Å². The van der Waals surface area contributed by atoms with Gasteiger partial charge in [-0.2, -0.15) is 0 Å². The molecule has 0 aromatic heterocycles. The van der Waals surface area contributed by atoms with E-state index in [1.54, 1.807) is 0 Å². The normalized spacial score (nSPS) is 33.3. The topological polar surface area (TPSA) is 60.8 Å². The van der Waals surface area contributed by atoms with Crippen molar-refractivity contribution < 1.29 is 18.9 Å². The number of fused-ring (bicyclic) bond motifs is 1. The van der Waals surface area contributed by atoms with Gasteiger partial charge >= 0.3 is 0 Å². The zero-order valence-corrected chi connectivity index (χ0v) is 18.1. The second-order valence-corrected chi connectivity index (χ2v) is 8.66. The third-order valence-electron chi connectivity index (χ3n) is 4.71. The van der Waals surface area contributed by atoms with Crippen molar-refractivity contribution in [2.75, 3.05) is 6.61 Å². The molecule has 6 atom stereocenters. The number of rotatable bonds is 2. The Labute approximate surface area is 175 Å². The van der Waals surface area contributed by atoms with E-state index in [-0.39, 0.29) is 24.0 Å². The second kappa shape index (κ2) is 9.77. The van der Waals surface area contributed by atoms with Gasteiger partial charge < -0.3 is 18.9 Å². The molecule has 2 fully saturated rings. The molecular formula is C19H26Cl3NO4. The lowest BCUT2D eigenvalue weighted by Gasteiger charge is -2.47. The van der Waals surface area contributed by atoms with Gasteiger partial charge in [-0.15, -0.1) is 0 Å². The molecule has 1 aromatic carbocycles. The summed E-state index contributed by atoms with van der Waals surface area (Å²) in [4.78, 5) is 0. The van der Waals surface area contributed by atoms with Crippen LogP contribution in [0.4, 0.5) is 0 Å². The highest BCUT2D eigenvalue weighted by Crippen LogP contribution is 2.40. The first kappa shape index (κ1) is 22.7. The Hall–Kier alpha value is -0.560. The molecule has 0 saturated carbocycles. The first-order valence-electron chi connectivity index (χ1n) is 9.07. The Morgan fingerprint density at radius 1 is 1.07 bits per heavy atom. The van der Waals surface area contributed by atoms with Crippen molar-refractivity contribution in [3.05, 3.63) is 35.9 Å². The molecule has 0 amide bonds. The third kappa shape index (κ3) is 5.49. The van der Waals surface area contributed by atoms with E-state index in [1.165, 1.54) is 0 Å². The van der Waals surface area contributed by atoms with Crippen molar-refractivity contribution in [1.29, 1.82) is 5.41 Å². The van der Waals surface area contributed by atoms with E-state index in [4.69, 9.17) is 59.2 Å². The lowest BCUT2D eigenvalue weighted by molar-refractivity contribution is -0.333. The molecule has 0 spiro atoms. The molecule has 27 heavy (non-hydrogen) atoms. The molecular weight excluding hydrogens is 413 g/mol. The fraction of sp³-hybridized carbons (Fsp3) is 0.632. The summed E-state index contributed by atoms with van der Waals surface area (Å²) in [5.74, 6) is -0.398. The summed E-state index contributed by atoms with van der Waals surface area (Å²) in [5, 5.41) is 7.75. The highest BCUT2D eigenvalue weighted by atomic mass is 35.6. The van der Waals surface area contributed by atoms with Crippen LogP contribution in [0.2, 0.25) is 0 Å². The van der Waals surface area contributed by atoms with E-state index in [1.807, 2.05) is 51.1 Å². The standard InChI is InChI=1S/C17H20Cl3NO4.C2H6/c1-9-10(2)14(25-16(21)17(18,19)20)23-12-8-22-15(24-13(9)12)11-6-4-3-5-7-11;1-2/h3-7,9-10,12-15,21H,8H2,1-2H3;1-2H3. The average molecular weight is 439 g/mol. The molecule has 1 aromatic rings. The largest absolute Gasteiger partial charge is 0.448 e. The first-order chi connectivity index (χ1) is 12.8. The summed E-state index contributed by atoms with van der Waals surface area (Å²) in [6, 6.07) is 9.78. The molecule has 1 N–H and O–H groups in total. The number of halogens is 3. The zero-order chi connectivity index (χ0) is 20.2. The minimum Gasteiger partial charge on any atom is -0.448 e. The van der Waals surface area contributed by atoms with Gasteiger partial charge in [0, 0.05) is 11.5 Å². The molecule has 152 valence electrons. The summed E-state index contributed by atoms with van der Waals surface area (Å²) in [5.41, 5.74) is 0.970. The van der Waals surface area contributed by atoms with Crippen LogP contribution in [0.3, 0.4) is 0 Å². The quantitative estimate of drug-likeness (QED) is 0.377. The third-order valence-corrected chi connectivity index (χ3v) is 5.22. The molecule has 0 radical (unpaired) electrons. The van der Waals surface area contributed by atoms with Crippen LogP contribution in [0.15, 0.2) is 30.3 Å². The summed E-state index contributed by atoms with van der Waals surface area (Å²) in [6.45, 7) is 8.39. The molecule has 3 rings (SSSR count). The van der Waals surface area contributed by atoms with Gasteiger partial charge in [-0.1, -0.05) is 92.8 Å². The lowest BCUT2D eigenvalue weighted by atomic mass is 9.84. The predicted molar refractivity (Wildman–Crippen MR) is 107 cm³/mol. The van der Waals surface area contributed by atoms with Crippen LogP contribution < -0.4 is 0 Å². The molecule has 0 bridgehead atoms. The summed E-state index contributed by atoms with van der Waals surface area (Å²) in [7, 11) is 0. The number of alkyl halides is 3. The maximum absolute atomic E-state index is 7.75. The first-order valence-corrected chi connectivity index (χ1v) is 10.2. The maximum atomic E-state index is 7.75. The SMILES string of the molecule is CC.CC1C(OC(=N)C(Cl)(Cl)Cl)OC2COC(c3ccccc3)OC2C1C. The molecule has 2 saturated heterocycles. The Morgan fingerprint density at radius 2 is 1.70 bits per heavy atom. The number of nitrogens with one attached hydrogen (secondary N) is 1. The average Bonchev–Trinajstić information content (AvgIpc) is 2.67. The molecule has 2 aliphatic rings. The van der Waals surface area contributed by atoms with Gasteiger partial charge in [-0.3, -0.25) is 5.41 Å². The molecule has 2 heterocycles. The van der Waals surface area contributed by atoms with Gasteiger partial charge in [0.2, 0.25) is 12.2 Å². The minimum absolute atomic E-state index is 0.0523. The van der Waals surface area contributed by atoms with Gasteiger partial charge in [0.15, 0.2) is 6.29 Å².